The van der Waals surface area contributed by atoms with Crippen LogP contribution in [0.3, 0.4) is 0 Å². The fourth-order valence-corrected chi connectivity index (χ4v) is 2.31. The van der Waals surface area contributed by atoms with E-state index in [4.69, 9.17) is 10.3 Å². The van der Waals surface area contributed by atoms with E-state index in [1.165, 1.54) is 0 Å². The van der Waals surface area contributed by atoms with Crippen molar-refractivity contribution in [3.05, 3.63) is 11.7 Å². The minimum absolute atomic E-state index is 0.446. The smallest absolute Gasteiger partial charge is 0.226 e. The van der Waals surface area contributed by atoms with E-state index in [-0.39, 0.29) is 0 Å². The van der Waals surface area contributed by atoms with Crippen molar-refractivity contribution in [2.24, 2.45) is 17.6 Å². The van der Waals surface area contributed by atoms with Crippen LogP contribution in [0.25, 0.3) is 0 Å². The molecule has 1 rings (SSSR count). The molecule has 0 saturated carbocycles. The molecule has 2 N–H and O–H groups in total. The molecule has 0 bridgehead atoms. The quantitative estimate of drug-likeness (QED) is 0.775. The van der Waals surface area contributed by atoms with E-state index in [9.17, 15) is 0 Å². The van der Waals surface area contributed by atoms with E-state index in [0.29, 0.717) is 18.4 Å². The highest BCUT2D eigenvalue weighted by Crippen LogP contribution is 2.16. The second-order valence-corrected chi connectivity index (χ2v) is 5.95. The normalized spacial score (nSPS) is 13.2. The molecule has 0 spiro atoms. The minimum Gasteiger partial charge on any atom is -0.339 e. The second kappa shape index (κ2) is 7.71. The molecule has 4 nitrogen and oxygen atoms in total. The van der Waals surface area contributed by atoms with Crippen LogP contribution in [0.1, 0.15) is 38.9 Å². The summed E-state index contributed by atoms with van der Waals surface area (Å²) in [6.45, 7) is 7.22. The van der Waals surface area contributed by atoms with Gasteiger partial charge in [-0.15, -0.1) is 0 Å². The first kappa shape index (κ1) is 14.5. The van der Waals surface area contributed by atoms with Gasteiger partial charge in [0.1, 0.15) is 0 Å². The molecule has 0 aliphatic heterocycles. The third-order valence-electron chi connectivity index (χ3n) is 2.55. The molecule has 0 radical (unpaired) electrons. The maximum Gasteiger partial charge on any atom is 0.226 e. The summed E-state index contributed by atoms with van der Waals surface area (Å²) in [5.74, 6) is 4.53. The first-order chi connectivity index (χ1) is 8.15. The summed E-state index contributed by atoms with van der Waals surface area (Å²) >= 11 is 1.80. The van der Waals surface area contributed by atoms with E-state index < -0.39 is 0 Å². The second-order valence-electron chi connectivity index (χ2n) is 4.68. The zero-order valence-corrected chi connectivity index (χ0v) is 11.8. The van der Waals surface area contributed by atoms with Gasteiger partial charge >= 0.3 is 0 Å². The van der Waals surface area contributed by atoms with Gasteiger partial charge in [-0.05, 0) is 30.6 Å². The highest BCUT2D eigenvalue weighted by molar-refractivity contribution is 7.98. The zero-order chi connectivity index (χ0) is 12.7. The van der Waals surface area contributed by atoms with Crippen LogP contribution in [0, 0.1) is 11.8 Å². The number of aromatic nitrogens is 2. The molecule has 1 aromatic heterocycles. The van der Waals surface area contributed by atoms with Crippen molar-refractivity contribution in [2.45, 2.75) is 39.4 Å². The van der Waals surface area contributed by atoms with Gasteiger partial charge in [-0.1, -0.05) is 25.9 Å². The molecule has 1 heterocycles. The fraction of sp³-hybridized carbons (Fsp3) is 0.833. The molecule has 0 saturated heterocycles. The van der Waals surface area contributed by atoms with Crippen molar-refractivity contribution in [1.82, 2.24) is 10.1 Å². The molecule has 17 heavy (non-hydrogen) atoms. The average Bonchev–Trinajstić information content (AvgIpc) is 2.72. The van der Waals surface area contributed by atoms with Gasteiger partial charge in [0.05, 0.1) is 5.75 Å². The first-order valence-electron chi connectivity index (χ1n) is 6.25. The molecular weight excluding hydrogens is 234 g/mol. The maximum absolute atomic E-state index is 5.76. The van der Waals surface area contributed by atoms with Gasteiger partial charge < -0.3 is 10.3 Å². The van der Waals surface area contributed by atoms with E-state index >= 15 is 0 Å². The molecule has 0 amide bonds. The van der Waals surface area contributed by atoms with Crippen LogP contribution in [0.2, 0.25) is 0 Å². The Balaban J connectivity index is 2.46. The Bertz CT molecular complexity index is 314. The lowest BCUT2D eigenvalue weighted by Gasteiger charge is -2.14. The lowest BCUT2D eigenvalue weighted by molar-refractivity contribution is 0.330. The highest BCUT2D eigenvalue weighted by Gasteiger charge is 2.14. The number of hydrogen-bond donors (Lipinski definition) is 1. The monoisotopic (exact) mass is 257 g/mol. The predicted octanol–water partition coefficient (Wildman–Crippen LogP) is 2.49. The molecule has 0 aliphatic carbocycles. The summed E-state index contributed by atoms with van der Waals surface area (Å²) in [4.78, 5) is 4.39. The Kier molecular flexibility index (Phi) is 6.58. The average molecular weight is 257 g/mol. The summed E-state index contributed by atoms with van der Waals surface area (Å²) in [7, 11) is 0. The molecule has 1 unspecified atom stereocenters. The number of thioether (sulfide) groups is 1. The van der Waals surface area contributed by atoms with Crippen LogP contribution in [0.4, 0.5) is 0 Å². The van der Waals surface area contributed by atoms with Crippen LogP contribution in [0.15, 0.2) is 4.52 Å². The summed E-state index contributed by atoms with van der Waals surface area (Å²) in [6.07, 6.45) is 1.91. The van der Waals surface area contributed by atoms with Gasteiger partial charge in [0.25, 0.3) is 0 Å². The number of rotatable bonds is 8. The Morgan fingerprint density at radius 2 is 2.18 bits per heavy atom. The molecule has 1 atom stereocenters. The molecule has 0 aliphatic rings. The summed E-state index contributed by atoms with van der Waals surface area (Å²) < 4.78 is 5.25. The van der Waals surface area contributed by atoms with Crippen LogP contribution in [-0.4, -0.2) is 22.4 Å². The molecule has 98 valence electrons. The predicted molar refractivity (Wildman–Crippen MR) is 71.8 cm³/mol. The third kappa shape index (κ3) is 5.55. The SMILES string of the molecule is CCSCc1noc(CC(CN)CC(C)C)n1. The van der Waals surface area contributed by atoms with Crippen molar-refractivity contribution in [3.8, 4) is 0 Å². The van der Waals surface area contributed by atoms with Crippen LogP contribution < -0.4 is 5.73 Å². The molecule has 0 aromatic carbocycles. The summed E-state index contributed by atoms with van der Waals surface area (Å²) in [5, 5.41) is 3.97. The standard InChI is InChI=1S/C12H23N3OS/c1-4-17-8-11-14-12(16-15-11)6-10(7-13)5-9(2)3/h9-10H,4-8,13H2,1-3H3. The minimum atomic E-state index is 0.446. The van der Waals surface area contributed by atoms with Gasteiger partial charge in [0, 0.05) is 6.42 Å². The van der Waals surface area contributed by atoms with Gasteiger partial charge in [0.15, 0.2) is 5.82 Å². The van der Waals surface area contributed by atoms with E-state index in [2.05, 4.69) is 30.9 Å². The van der Waals surface area contributed by atoms with Crippen molar-refractivity contribution >= 4 is 11.8 Å². The molecule has 5 heteroatoms. The van der Waals surface area contributed by atoms with Crippen LogP contribution >= 0.6 is 11.8 Å². The first-order valence-corrected chi connectivity index (χ1v) is 7.40. The number of nitrogens with zero attached hydrogens (tertiary/aromatic N) is 2. The Labute approximate surface area is 108 Å². The van der Waals surface area contributed by atoms with E-state index in [1.807, 2.05) is 0 Å². The number of hydrogen-bond acceptors (Lipinski definition) is 5. The molecular formula is C12H23N3OS. The van der Waals surface area contributed by atoms with Crippen molar-refractivity contribution in [2.75, 3.05) is 12.3 Å². The fourth-order valence-electron chi connectivity index (χ4n) is 1.80. The topological polar surface area (TPSA) is 64.9 Å². The summed E-state index contributed by atoms with van der Waals surface area (Å²) in [5.41, 5.74) is 5.76. The Morgan fingerprint density at radius 1 is 1.41 bits per heavy atom. The van der Waals surface area contributed by atoms with Gasteiger partial charge in [-0.2, -0.15) is 16.7 Å². The molecule has 0 fully saturated rings. The Morgan fingerprint density at radius 3 is 2.76 bits per heavy atom. The van der Waals surface area contributed by atoms with Crippen molar-refractivity contribution < 1.29 is 4.52 Å². The lowest BCUT2D eigenvalue weighted by atomic mass is 9.94. The van der Waals surface area contributed by atoms with Gasteiger partial charge in [0.2, 0.25) is 5.89 Å². The zero-order valence-electron chi connectivity index (χ0n) is 11.0. The van der Waals surface area contributed by atoms with Gasteiger partial charge in [-0.25, -0.2) is 0 Å². The van der Waals surface area contributed by atoms with Crippen LogP contribution in [-0.2, 0) is 12.2 Å². The van der Waals surface area contributed by atoms with Crippen molar-refractivity contribution in [1.29, 1.82) is 0 Å². The number of nitrogens with two attached hydrogens (primary N) is 1. The molecule has 1 aromatic rings. The van der Waals surface area contributed by atoms with Crippen molar-refractivity contribution in [3.63, 3.8) is 0 Å². The largest absolute Gasteiger partial charge is 0.339 e. The van der Waals surface area contributed by atoms with E-state index in [0.717, 1.165) is 36.1 Å². The third-order valence-corrected chi connectivity index (χ3v) is 3.42. The highest BCUT2D eigenvalue weighted by atomic mass is 32.2. The summed E-state index contributed by atoms with van der Waals surface area (Å²) in [6, 6.07) is 0. The maximum atomic E-state index is 5.76. The lowest BCUT2D eigenvalue weighted by Crippen LogP contribution is -2.19. The van der Waals surface area contributed by atoms with E-state index in [1.54, 1.807) is 11.8 Å². The Hall–Kier alpha value is -0.550. The van der Waals surface area contributed by atoms with Gasteiger partial charge in [-0.3, -0.25) is 0 Å². The van der Waals surface area contributed by atoms with Crippen LogP contribution in [0.5, 0.6) is 0 Å².